The number of carbonyl (C=O) groups excluding carboxylic acids is 1. The first kappa shape index (κ1) is 12.9. The normalized spacial score (nSPS) is 10.6. The first-order valence-corrected chi connectivity index (χ1v) is 6.32. The summed E-state index contributed by atoms with van der Waals surface area (Å²) in [5.74, 6) is -0.0987. The summed E-state index contributed by atoms with van der Waals surface area (Å²) in [5, 5.41) is 7.64. The van der Waals surface area contributed by atoms with Crippen LogP contribution in [0.4, 0.5) is 0 Å². The van der Waals surface area contributed by atoms with E-state index in [1.165, 1.54) is 4.68 Å². The Morgan fingerprint density at radius 1 is 1.44 bits per heavy atom. The standard InChI is InChI=1S/C12H13BrN4O/c1-17-10(12(13)15-16-17)11(18)9-5-3-2-4-8(9)6-7-14/h2-5H,6-7,14H2,1H3. The Morgan fingerprint density at radius 2 is 2.17 bits per heavy atom. The lowest BCUT2D eigenvalue weighted by atomic mass is 9.99. The van der Waals surface area contributed by atoms with Crippen molar-refractivity contribution in [2.24, 2.45) is 12.8 Å². The summed E-state index contributed by atoms with van der Waals surface area (Å²) < 4.78 is 1.92. The average Bonchev–Trinajstić information content (AvgIpc) is 2.69. The molecule has 0 aliphatic rings. The number of aromatic nitrogens is 3. The molecule has 0 radical (unpaired) electrons. The maximum Gasteiger partial charge on any atom is 0.214 e. The van der Waals surface area contributed by atoms with Crippen molar-refractivity contribution in [1.82, 2.24) is 15.0 Å². The molecule has 2 N–H and O–H groups in total. The molecule has 0 fully saturated rings. The van der Waals surface area contributed by atoms with Gasteiger partial charge in [-0.15, -0.1) is 5.10 Å². The quantitative estimate of drug-likeness (QED) is 0.864. The van der Waals surface area contributed by atoms with E-state index in [9.17, 15) is 4.79 Å². The first-order chi connectivity index (χ1) is 8.65. The molecule has 6 heteroatoms. The Morgan fingerprint density at radius 3 is 2.78 bits per heavy atom. The molecular formula is C12H13BrN4O. The monoisotopic (exact) mass is 308 g/mol. The molecule has 2 aromatic rings. The summed E-state index contributed by atoms with van der Waals surface area (Å²) >= 11 is 3.24. The number of carbonyl (C=O) groups is 1. The van der Waals surface area contributed by atoms with Gasteiger partial charge in [0.05, 0.1) is 0 Å². The van der Waals surface area contributed by atoms with Gasteiger partial charge in [-0.25, -0.2) is 4.68 Å². The molecule has 0 aliphatic heterocycles. The molecule has 0 saturated carbocycles. The highest BCUT2D eigenvalue weighted by molar-refractivity contribution is 9.10. The van der Waals surface area contributed by atoms with Crippen molar-refractivity contribution in [2.45, 2.75) is 6.42 Å². The van der Waals surface area contributed by atoms with E-state index >= 15 is 0 Å². The number of ketones is 1. The van der Waals surface area contributed by atoms with Crippen LogP contribution in [-0.4, -0.2) is 27.3 Å². The zero-order valence-electron chi connectivity index (χ0n) is 9.93. The molecule has 1 aromatic carbocycles. The van der Waals surface area contributed by atoms with Crippen LogP contribution in [0.1, 0.15) is 21.6 Å². The second kappa shape index (κ2) is 5.41. The van der Waals surface area contributed by atoms with Crippen molar-refractivity contribution in [3.8, 4) is 0 Å². The second-order valence-electron chi connectivity index (χ2n) is 3.88. The number of nitrogens with zero attached hydrogens (tertiary/aromatic N) is 3. The number of halogens is 1. The van der Waals surface area contributed by atoms with Gasteiger partial charge in [-0.1, -0.05) is 29.5 Å². The fourth-order valence-electron chi connectivity index (χ4n) is 1.82. The van der Waals surface area contributed by atoms with Gasteiger partial charge < -0.3 is 5.73 Å². The largest absolute Gasteiger partial charge is 0.330 e. The fourth-order valence-corrected chi connectivity index (χ4v) is 2.32. The fraction of sp³-hybridized carbons (Fsp3) is 0.250. The number of nitrogens with two attached hydrogens (primary N) is 1. The minimum absolute atomic E-state index is 0.0987. The minimum atomic E-state index is -0.0987. The molecule has 0 amide bonds. The highest BCUT2D eigenvalue weighted by Gasteiger charge is 2.20. The van der Waals surface area contributed by atoms with Crippen molar-refractivity contribution >= 4 is 21.7 Å². The van der Waals surface area contributed by atoms with E-state index in [-0.39, 0.29) is 5.78 Å². The average molecular weight is 309 g/mol. The van der Waals surface area contributed by atoms with E-state index in [1.807, 2.05) is 18.2 Å². The van der Waals surface area contributed by atoms with Crippen molar-refractivity contribution in [1.29, 1.82) is 0 Å². The van der Waals surface area contributed by atoms with Gasteiger partial charge in [-0.3, -0.25) is 4.79 Å². The molecule has 1 aromatic heterocycles. The molecule has 94 valence electrons. The molecule has 5 nitrogen and oxygen atoms in total. The van der Waals surface area contributed by atoms with Gasteiger partial charge in [0.2, 0.25) is 5.78 Å². The molecule has 0 unspecified atom stereocenters. The van der Waals surface area contributed by atoms with Crippen LogP contribution in [0.5, 0.6) is 0 Å². The van der Waals surface area contributed by atoms with Crippen LogP contribution < -0.4 is 5.73 Å². The van der Waals surface area contributed by atoms with Crippen molar-refractivity contribution in [2.75, 3.05) is 6.54 Å². The van der Waals surface area contributed by atoms with Gasteiger partial charge >= 0.3 is 0 Å². The summed E-state index contributed by atoms with van der Waals surface area (Å²) in [5.41, 5.74) is 7.59. The maximum atomic E-state index is 12.5. The van der Waals surface area contributed by atoms with Crippen molar-refractivity contribution in [3.63, 3.8) is 0 Å². The van der Waals surface area contributed by atoms with E-state index < -0.39 is 0 Å². The molecule has 0 bridgehead atoms. The zero-order valence-corrected chi connectivity index (χ0v) is 11.5. The van der Waals surface area contributed by atoms with Crippen LogP contribution in [-0.2, 0) is 13.5 Å². The van der Waals surface area contributed by atoms with Crippen LogP contribution in [0, 0.1) is 0 Å². The van der Waals surface area contributed by atoms with Gasteiger partial charge in [0.25, 0.3) is 0 Å². The van der Waals surface area contributed by atoms with Crippen LogP contribution in [0.2, 0.25) is 0 Å². The molecule has 18 heavy (non-hydrogen) atoms. The summed E-state index contributed by atoms with van der Waals surface area (Å²) in [4.78, 5) is 12.5. The smallest absolute Gasteiger partial charge is 0.214 e. The highest BCUT2D eigenvalue weighted by atomic mass is 79.9. The molecule has 0 spiro atoms. The maximum absolute atomic E-state index is 12.5. The van der Waals surface area contributed by atoms with Gasteiger partial charge in [0, 0.05) is 12.6 Å². The third-order valence-electron chi connectivity index (χ3n) is 2.68. The Kier molecular flexibility index (Phi) is 3.88. The topological polar surface area (TPSA) is 73.8 Å². The molecule has 0 atom stereocenters. The van der Waals surface area contributed by atoms with Gasteiger partial charge in [-0.2, -0.15) is 0 Å². The molecule has 0 aliphatic carbocycles. The zero-order chi connectivity index (χ0) is 13.1. The van der Waals surface area contributed by atoms with Crippen molar-refractivity contribution in [3.05, 3.63) is 45.7 Å². The van der Waals surface area contributed by atoms with E-state index in [0.29, 0.717) is 28.8 Å². The summed E-state index contributed by atoms with van der Waals surface area (Å²) in [6.07, 6.45) is 0.671. The Hall–Kier alpha value is -1.53. The van der Waals surface area contributed by atoms with Gasteiger partial charge in [0.15, 0.2) is 4.60 Å². The number of rotatable bonds is 4. The van der Waals surface area contributed by atoms with Gasteiger partial charge in [0.1, 0.15) is 5.69 Å². The Balaban J connectivity index is 2.46. The van der Waals surface area contributed by atoms with Crippen LogP contribution in [0.15, 0.2) is 28.9 Å². The lowest BCUT2D eigenvalue weighted by Gasteiger charge is -2.07. The number of hydrogen-bond acceptors (Lipinski definition) is 4. The third-order valence-corrected chi connectivity index (χ3v) is 3.21. The minimum Gasteiger partial charge on any atom is -0.330 e. The van der Waals surface area contributed by atoms with Crippen molar-refractivity contribution < 1.29 is 4.79 Å². The number of benzene rings is 1. The predicted octanol–water partition coefficient (Wildman–Crippen LogP) is 1.31. The molecular weight excluding hydrogens is 296 g/mol. The van der Waals surface area contributed by atoms with Crippen LogP contribution in [0.25, 0.3) is 0 Å². The van der Waals surface area contributed by atoms with E-state index in [0.717, 1.165) is 5.56 Å². The molecule has 1 heterocycles. The van der Waals surface area contributed by atoms with E-state index in [2.05, 4.69) is 26.2 Å². The first-order valence-electron chi connectivity index (χ1n) is 5.53. The Labute approximate surface area is 113 Å². The van der Waals surface area contributed by atoms with E-state index in [4.69, 9.17) is 5.73 Å². The van der Waals surface area contributed by atoms with E-state index in [1.54, 1.807) is 13.1 Å². The predicted molar refractivity (Wildman–Crippen MR) is 71.3 cm³/mol. The molecule has 0 saturated heterocycles. The molecule has 2 rings (SSSR count). The van der Waals surface area contributed by atoms with Gasteiger partial charge in [-0.05, 0) is 34.5 Å². The highest BCUT2D eigenvalue weighted by Crippen LogP contribution is 2.19. The van der Waals surface area contributed by atoms with Crippen LogP contribution in [0.3, 0.4) is 0 Å². The Bertz CT molecular complexity index is 560. The SMILES string of the molecule is Cn1nnc(Br)c1C(=O)c1ccccc1CCN. The second-order valence-corrected chi connectivity index (χ2v) is 4.63. The lowest BCUT2D eigenvalue weighted by Crippen LogP contribution is -2.13. The van der Waals surface area contributed by atoms with Crippen LogP contribution >= 0.6 is 15.9 Å². The number of aryl methyl sites for hydroxylation is 1. The summed E-state index contributed by atoms with van der Waals surface area (Å²) in [7, 11) is 1.69. The third kappa shape index (κ3) is 2.34. The summed E-state index contributed by atoms with van der Waals surface area (Å²) in [6, 6.07) is 7.45. The number of hydrogen-bond donors (Lipinski definition) is 1. The summed E-state index contributed by atoms with van der Waals surface area (Å²) in [6.45, 7) is 0.509. The lowest BCUT2D eigenvalue weighted by molar-refractivity contribution is 0.102.